The molecular formula is C15H26N2O2S. The first-order chi connectivity index (χ1) is 9.23. The van der Waals surface area contributed by atoms with Crippen molar-refractivity contribution in [3.63, 3.8) is 0 Å². The highest BCUT2D eigenvalue weighted by Gasteiger charge is 2.35. The molecule has 0 aromatic carbocycles. The lowest BCUT2D eigenvalue weighted by atomic mass is 10.0. The molecule has 1 amide bonds. The van der Waals surface area contributed by atoms with Gasteiger partial charge in [-0.2, -0.15) is 0 Å². The molecule has 1 heterocycles. The SMILES string of the molecule is C=C1CC(SCC(N)C(=O)C(C)C)C(=O)N1CC(C)C. The summed E-state index contributed by atoms with van der Waals surface area (Å²) in [5.41, 5.74) is 6.75. The molecule has 2 atom stereocenters. The lowest BCUT2D eigenvalue weighted by molar-refractivity contribution is -0.126. The zero-order valence-corrected chi connectivity index (χ0v) is 13.7. The first kappa shape index (κ1) is 17.2. The van der Waals surface area contributed by atoms with E-state index in [1.54, 1.807) is 4.90 Å². The number of ketones is 1. The number of rotatable bonds is 7. The van der Waals surface area contributed by atoms with Crippen LogP contribution < -0.4 is 5.73 Å². The standard InChI is InChI=1S/C15H26N2O2S/c1-9(2)7-17-11(5)6-13(15(17)19)20-8-12(16)14(18)10(3)4/h9-10,12-13H,5-8,16H2,1-4H3. The molecule has 0 saturated carbocycles. The van der Waals surface area contributed by atoms with Crippen molar-refractivity contribution in [1.82, 2.24) is 4.90 Å². The van der Waals surface area contributed by atoms with E-state index in [1.165, 1.54) is 11.8 Å². The van der Waals surface area contributed by atoms with Crippen LogP contribution >= 0.6 is 11.8 Å². The third-order valence-electron chi connectivity index (χ3n) is 3.30. The molecular weight excluding hydrogens is 272 g/mol. The summed E-state index contributed by atoms with van der Waals surface area (Å²) in [6.07, 6.45) is 0.665. The molecule has 1 aliphatic heterocycles. The minimum atomic E-state index is -0.486. The number of hydrogen-bond acceptors (Lipinski definition) is 4. The molecule has 20 heavy (non-hydrogen) atoms. The topological polar surface area (TPSA) is 63.4 Å². The minimum Gasteiger partial charge on any atom is -0.321 e. The Balaban J connectivity index is 2.52. The largest absolute Gasteiger partial charge is 0.321 e. The molecule has 1 aliphatic rings. The monoisotopic (exact) mass is 298 g/mol. The van der Waals surface area contributed by atoms with Crippen LogP contribution in [0.15, 0.2) is 12.3 Å². The Morgan fingerprint density at radius 1 is 1.45 bits per heavy atom. The number of nitrogens with zero attached hydrogens (tertiary/aromatic N) is 1. The third kappa shape index (κ3) is 4.35. The van der Waals surface area contributed by atoms with Gasteiger partial charge in [0.1, 0.15) is 0 Å². The summed E-state index contributed by atoms with van der Waals surface area (Å²) in [5.74, 6) is 1.02. The number of likely N-dealkylation sites (tertiary alicyclic amines) is 1. The van der Waals surface area contributed by atoms with Crippen LogP contribution in [0.2, 0.25) is 0 Å². The number of nitrogens with two attached hydrogens (primary N) is 1. The van der Waals surface area contributed by atoms with Gasteiger partial charge in [0.15, 0.2) is 5.78 Å². The van der Waals surface area contributed by atoms with Crippen molar-refractivity contribution in [2.75, 3.05) is 12.3 Å². The van der Waals surface area contributed by atoms with Crippen LogP contribution in [0.4, 0.5) is 0 Å². The maximum Gasteiger partial charge on any atom is 0.240 e. The molecule has 0 radical (unpaired) electrons. The summed E-state index contributed by atoms with van der Waals surface area (Å²) in [6.45, 7) is 12.5. The van der Waals surface area contributed by atoms with E-state index in [0.717, 1.165) is 5.70 Å². The highest BCUT2D eigenvalue weighted by molar-refractivity contribution is 8.00. The average molecular weight is 298 g/mol. The normalized spacial score (nSPS) is 21.1. The van der Waals surface area contributed by atoms with Crippen LogP contribution in [0, 0.1) is 11.8 Å². The Morgan fingerprint density at radius 2 is 2.05 bits per heavy atom. The van der Waals surface area contributed by atoms with Crippen molar-refractivity contribution in [3.8, 4) is 0 Å². The molecule has 2 N–H and O–H groups in total. The number of allylic oxidation sites excluding steroid dienone is 1. The second kappa shape index (κ2) is 7.27. The van der Waals surface area contributed by atoms with E-state index in [-0.39, 0.29) is 22.9 Å². The maximum atomic E-state index is 12.3. The Hall–Kier alpha value is -0.810. The van der Waals surface area contributed by atoms with Crippen molar-refractivity contribution in [2.45, 2.75) is 45.4 Å². The molecule has 114 valence electrons. The van der Waals surface area contributed by atoms with E-state index in [9.17, 15) is 9.59 Å². The van der Waals surface area contributed by atoms with E-state index in [1.807, 2.05) is 13.8 Å². The quantitative estimate of drug-likeness (QED) is 0.781. The molecule has 0 spiro atoms. The molecule has 0 bridgehead atoms. The first-order valence-electron chi connectivity index (χ1n) is 7.14. The van der Waals surface area contributed by atoms with Gasteiger partial charge in [-0.25, -0.2) is 0 Å². The summed E-state index contributed by atoms with van der Waals surface area (Å²) in [4.78, 5) is 25.8. The van der Waals surface area contributed by atoms with Gasteiger partial charge in [-0.15, -0.1) is 11.8 Å². The van der Waals surface area contributed by atoms with Gasteiger partial charge in [-0.3, -0.25) is 9.59 Å². The fourth-order valence-electron chi connectivity index (χ4n) is 2.19. The van der Waals surface area contributed by atoms with Crippen LogP contribution in [0.5, 0.6) is 0 Å². The summed E-state index contributed by atoms with van der Waals surface area (Å²) < 4.78 is 0. The number of carbonyl (C=O) groups excluding carboxylic acids is 2. The number of hydrogen-bond donors (Lipinski definition) is 1. The van der Waals surface area contributed by atoms with Gasteiger partial charge in [-0.1, -0.05) is 34.3 Å². The van der Waals surface area contributed by atoms with E-state index < -0.39 is 6.04 Å². The van der Waals surface area contributed by atoms with Gasteiger partial charge >= 0.3 is 0 Å². The van der Waals surface area contributed by atoms with Crippen molar-refractivity contribution < 1.29 is 9.59 Å². The number of amides is 1. The molecule has 2 unspecified atom stereocenters. The molecule has 0 aromatic heterocycles. The molecule has 4 nitrogen and oxygen atoms in total. The van der Waals surface area contributed by atoms with Crippen LogP contribution in [-0.2, 0) is 9.59 Å². The third-order valence-corrected chi connectivity index (χ3v) is 4.63. The Kier molecular flexibility index (Phi) is 6.27. The minimum absolute atomic E-state index is 0.0563. The fraction of sp³-hybridized carbons (Fsp3) is 0.733. The van der Waals surface area contributed by atoms with Gasteiger partial charge < -0.3 is 10.6 Å². The molecule has 1 fully saturated rings. The van der Waals surface area contributed by atoms with Crippen molar-refractivity contribution in [2.24, 2.45) is 17.6 Å². The Morgan fingerprint density at radius 3 is 2.55 bits per heavy atom. The van der Waals surface area contributed by atoms with E-state index in [0.29, 0.717) is 24.6 Å². The van der Waals surface area contributed by atoms with Crippen LogP contribution in [0.3, 0.4) is 0 Å². The zero-order valence-electron chi connectivity index (χ0n) is 12.9. The number of thioether (sulfide) groups is 1. The predicted molar refractivity (Wildman–Crippen MR) is 84.4 cm³/mol. The second-order valence-corrected chi connectivity index (χ2v) is 7.33. The highest BCUT2D eigenvalue weighted by Crippen LogP contribution is 2.31. The molecule has 0 aromatic rings. The summed E-state index contributed by atoms with van der Waals surface area (Å²) >= 11 is 1.48. The molecule has 0 aliphatic carbocycles. The highest BCUT2D eigenvalue weighted by atomic mass is 32.2. The molecule has 1 rings (SSSR count). The second-order valence-electron chi connectivity index (χ2n) is 6.10. The van der Waals surface area contributed by atoms with Gasteiger partial charge in [0.2, 0.25) is 5.91 Å². The predicted octanol–water partition coefficient (Wildman–Crippen LogP) is 2.04. The lowest BCUT2D eigenvalue weighted by Crippen LogP contribution is -2.37. The first-order valence-corrected chi connectivity index (χ1v) is 8.19. The molecule has 5 heteroatoms. The fourth-order valence-corrected chi connectivity index (χ4v) is 3.37. The van der Waals surface area contributed by atoms with Gasteiger partial charge in [-0.05, 0) is 5.92 Å². The number of carbonyl (C=O) groups is 2. The van der Waals surface area contributed by atoms with Crippen molar-refractivity contribution in [3.05, 3.63) is 12.3 Å². The van der Waals surface area contributed by atoms with Gasteiger partial charge in [0.05, 0.1) is 11.3 Å². The summed E-state index contributed by atoms with van der Waals surface area (Å²) in [5, 5.41) is -0.132. The maximum absolute atomic E-state index is 12.3. The van der Waals surface area contributed by atoms with Crippen LogP contribution in [0.25, 0.3) is 0 Å². The average Bonchev–Trinajstić information content (AvgIpc) is 2.62. The van der Waals surface area contributed by atoms with Gasteiger partial charge in [0.25, 0.3) is 0 Å². The molecule has 1 saturated heterocycles. The zero-order chi connectivity index (χ0) is 15.4. The van der Waals surface area contributed by atoms with Gasteiger partial charge in [0, 0.05) is 30.3 Å². The van der Waals surface area contributed by atoms with Crippen molar-refractivity contribution in [1.29, 1.82) is 0 Å². The van der Waals surface area contributed by atoms with E-state index >= 15 is 0 Å². The van der Waals surface area contributed by atoms with E-state index in [4.69, 9.17) is 5.73 Å². The van der Waals surface area contributed by atoms with Crippen LogP contribution in [0.1, 0.15) is 34.1 Å². The number of Topliss-reactive ketones (excluding diaryl/α,β-unsaturated/α-hetero) is 1. The summed E-state index contributed by atoms with van der Waals surface area (Å²) in [7, 11) is 0. The Bertz CT molecular complexity index is 393. The van der Waals surface area contributed by atoms with Crippen molar-refractivity contribution >= 4 is 23.5 Å². The lowest BCUT2D eigenvalue weighted by Gasteiger charge is -2.20. The smallest absolute Gasteiger partial charge is 0.240 e. The summed E-state index contributed by atoms with van der Waals surface area (Å²) in [6, 6.07) is -0.486. The van der Waals surface area contributed by atoms with Crippen LogP contribution in [-0.4, -0.2) is 40.2 Å². The van der Waals surface area contributed by atoms with E-state index in [2.05, 4.69) is 20.4 Å². The Labute approximate surface area is 126 Å².